The molecule has 41 heavy (non-hydrogen) atoms. The number of carbonyl (C=O) groups is 2. The molecule has 224 valence electrons. The van der Waals surface area contributed by atoms with E-state index < -0.39 is 47.9 Å². The van der Waals surface area contributed by atoms with Gasteiger partial charge in [-0.2, -0.15) is 5.10 Å². The normalized spacial score (nSPS) is 19.3. The molecule has 3 aromatic rings. The van der Waals surface area contributed by atoms with Crippen LogP contribution in [0, 0.1) is 6.92 Å². The first-order chi connectivity index (χ1) is 19.2. The summed E-state index contributed by atoms with van der Waals surface area (Å²) in [6.07, 6.45) is 3.38. The Kier molecular flexibility index (Phi) is 8.42. The van der Waals surface area contributed by atoms with Crippen molar-refractivity contribution in [3.05, 3.63) is 40.0 Å². The van der Waals surface area contributed by atoms with Gasteiger partial charge in [0.15, 0.2) is 5.65 Å². The van der Waals surface area contributed by atoms with E-state index in [4.69, 9.17) is 14.2 Å². The summed E-state index contributed by atoms with van der Waals surface area (Å²) in [5.41, 5.74) is 1.31. The Morgan fingerprint density at radius 2 is 1.83 bits per heavy atom. The van der Waals surface area contributed by atoms with E-state index in [0.29, 0.717) is 22.3 Å². The number of amides is 2. The first-order valence-electron chi connectivity index (χ1n) is 13.0. The summed E-state index contributed by atoms with van der Waals surface area (Å²) in [5.74, 6) is -5.45. The highest BCUT2D eigenvalue weighted by molar-refractivity contribution is 7.14. The molecule has 2 atom stereocenters. The maximum atomic E-state index is 15.2. The van der Waals surface area contributed by atoms with Crippen molar-refractivity contribution >= 4 is 29.0 Å². The van der Waals surface area contributed by atoms with Gasteiger partial charge in [-0.25, -0.2) is 23.1 Å². The molecule has 3 heterocycles. The van der Waals surface area contributed by atoms with Gasteiger partial charge in [0.25, 0.3) is 11.8 Å². The zero-order chi connectivity index (χ0) is 30.3. The predicted octanol–water partition coefficient (Wildman–Crippen LogP) is 4.88. The molecule has 1 fully saturated rings. The largest absolute Gasteiger partial charge is 0.465 e. The summed E-state index contributed by atoms with van der Waals surface area (Å²) in [4.78, 5) is 32.0. The molecule has 2 N–H and O–H groups in total. The number of nitrogens with one attached hydrogen (secondary N) is 1. The van der Waals surface area contributed by atoms with Gasteiger partial charge in [0, 0.05) is 61.7 Å². The van der Waals surface area contributed by atoms with E-state index in [9.17, 15) is 14.7 Å². The quantitative estimate of drug-likeness (QED) is 0.353. The average molecular weight is 596 g/mol. The Hall–Kier alpha value is -3.20. The lowest BCUT2D eigenvalue weighted by atomic mass is 9.84. The van der Waals surface area contributed by atoms with Crippen LogP contribution in [0.3, 0.4) is 0 Å². The van der Waals surface area contributed by atoms with Crippen molar-refractivity contribution in [1.29, 1.82) is 0 Å². The SMILES string of the molecule is COC(OC)(OC)c1cnc2c(-c3cc(C(=O)N[C@@H]4[C@H](N(C(=O)O)C(C)(C)C)CCCC4(F)F)sc3C)cnn2c1. The lowest BCUT2D eigenvalue weighted by molar-refractivity contribution is -0.364. The summed E-state index contributed by atoms with van der Waals surface area (Å²) < 4.78 is 48.1. The van der Waals surface area contributed by atoms with Gasteiger partial charge in [-0.1, -0.05) is 0 Å². The van der Waals surface area contributed by atoms with Crippen LogP contribution >= 0.6 is 11.3 Å². The molecule has 0 unspecified atom stereocenters. The van der Waals surface area contributed by atoms with Gasteiger partial charge >= 0.3 is 12.1 Å². The fraction of sp³-hybridized carbons (Fsp3) is 0.556. The minimum atomic E-state index is -3.28. The monoisotopic (exact) mass is 595 g/mol. The third kappa shape index (κ3) is 5.65. The molecule has 0 saturated heterocycles. The smallest absolute Gasteiger partial charge is 0.408 e. The molecule has 1 saturated carbocycles. The van der Waals surface area contributed by atoms with Crippen LogP contribution in [-0.2, 0) is 20.2 Å². The lowest BCUT2D eigenvalue weighted by Crippen LogP contribution is -2.66. The summed E-state index contributed by atoms with van der Waals surface area (Å²) in [5, 5.41) is 16.7. The van der Waals surface area contributed by atoms with E-state index in [0.717, 1.165) is 21.1 Å². The van der Waals surface area contributed by atoms with Gasteiger partial charge in [0.1, 0.15) is 6.04 Å². The predicted molar refractivity (Wildman–Crippen MR) is 147 cm³/mol. The van der Waals surface area contributed by atoms with Crippen molar-refractivity contribution in [1.82, 2.24) is 24.8 Å². The number of fused-ring (bicyclic) bond motifs is 1. The molecular formula is C27H35F2N5O6S. The van der Waals surface area contributed by atoms with Crippen molar-refractivity contribution in [3.8, 4) is 11.1 Å². The first kappa shape index (κ1) is 30.8. The molecule has 0 spiro atoms. The summed E-state index contributed by atoms with van der Waals surface area (Å²) in [7, 11) is 4.29. The second-order valence-corrected chi connectivity index (χ2v) is 12.2. The van der Waals surface area contributed by atoms with Crippen LogP contribution in [0.2, 0.25) is 0 Å². The third-order valence-electron chi connectivity index (χ3n) is 7.34. The van der Waals surface area contributed by atoms with E-state index in [1.165, 1.54) is 32.0 Å². The van der Waals surface area contributed by atoms with Crippen LogP contribution in [0.25, 0.3) is 16.8 Å². The topological polar surface area (TPSA) is 128 Å². The first-order valence-corrected chi connectivity index (χ1v) is 13.8. The van der Waals surface area contributed by atoms with E-state index >= 15 is 8.78 Å². The van der Waals surface area contributed by atoms with Crippen LogP contribution in [0.5, 0.6) is 0 Å². The van der Waals surface area contributed by atoms with E-state index in [2.05, 4.69) is 15.4 Å². The van der Waals surface area contributed by atoms with Gasteiger partial charge in [0.2, 0.25) is 0 Å². The van der Waals surface area contributed by atoms with Gasteiger partial charge in [-0.05, 0) is 46.6 Å². The summed E-state index contributed by atoms with van der Waals surface area (Å²) in [6.45, 7) is 6.75. The molecule has 0 aliphatic heterocycles. The molecule has 11 nitrogen and oxygen atoms in total. The molecule has 0 bridgehead atoms. The number of aryl methyl sites for hydroxylation is 1. The Bertz CT molecular complexity index is 1420. The van der Waals surface area contributed by atoms with Gasteiger partial charge in [0.05, 0.1) is 22.7 Å². The maximum Gasteiger partial charge on any atom is 0.408 e. The fourth-order valence-corrected chi connectivity index (χ4v) is 6.39. The number of ether oxygens (including phenoxy) is 3. The standard InChI is InChI=1S/C27H35F2N5O6S/c1-15-17(18-13-31-33-14-16(12-30-22(18)33)27(38-5,39-6)40-7)11-20(41-15)23(35)32-21-19(9-8-10-26(21,28)29)34(24(36)37)25(2,3)4/h11-14,19,21H,8-10H2,1-7H3,(H,32,35)(H,36,37)/t19-,21-/m1/s1. The van der Waals surface area contributed by atoms with Crippen LogP contribution in [-0.4, -0.2) is 81.5 Å². The number of carbonyl (C=O) groups excluding carboxylic acids is 1. The number of aromatic nitrogens is 3. The highest BCUT2D eigenvalue weighted by atomic mass is 32.1. The Morgan fingerprint density at radius 1 is 1.17 bits per heavy atom. The number of alkyl halides is 2. The summed E-state index contributed by atoms with van der Waals surface area (Å²) in [6, 6.07) is -1.15. The lowest BCUT2D eigenvalue weighted by Gasteiger charge is -2.47. The van der Waals surface area contributed by atoms with Crippen molar-refractivity contribution in [3.63, 3.8) is 0 Å². The molecule has 14 heteroatoms. The number of hydrogen-bond acceptors (Lipinski definition) is 8. The number of carboxylic acid groups (broad SMARTS) is 1. The Labute approximate surface area is 240 Å². The van der Waals surface area contributed by atoms with Crippen molar-refractivity contribution in [2.45, 2.75) is 76.5 Å². The van der Waals surface area contributed by atoms with Crippen LogP contribution in [0.4, 0.5) is 13.6 Å². The molecule has 0 aromatic carbocycles. The second kappa shape index (κ2) is 11.2. The minimum Gasteiger partial charge on any atom is -0.465 e. The van der Waals surface area contributed by atoms with E-state index in [-0.39, 0.29) is 17.7 Å². The third-order valence-corrected chi connectivity index (χ3v) is 8.39. The molecule has 2 amide bonds. The molecule has 4 rings (SSSR count). The average Bonchev–Trinajstić information content (AvgIpc) is 3.49. The van der Waals surface area contributed by atoms with E-state index in [1.54, 1.807) is 39.2 Å². The number of halogens is 2. The Balaban J connectivity index is 1.65. The minimum absolute atomic E-state index is 0.149. The Morgan fingerprint density at radius 3 is 2.41 bits per heavy atom. The number of nitrogens with zero attached hydrogens (tertiary/aromatic N) is 4. The molecule has 3 aromatic heterocycles. The van der Waals surface area contributed by atoms with Crippen molar-refractivity contribution in [2.75, 3.05) is 21.3 Å². The number of hydrogen-bond donors (Lipinski definition) is 2. The number of rotatable bonds is 8. The molecule has 0 radical (unpaired) electrons. The van der Waals surface area contributed by atoms with Crippen LogP contribution in [0.15, 0.2) is 24.7 Å². The maximum absolute atomic E-state index is 15.2. The molecule has 1 aliphatic rings. The zero-order valence-electron chi connectivity index (χ0n) is 24.0. The number of thiophene rings is 1. The second-order valence-electron chi connectivity index (χ2n) is 10.9. The molecular weight excluding hydrogens is 560 g/mol. The van der Waals surface area contributed by atoms with Crippen molar-refractivity contribution in [2.24, 2.45) is 0 Å². The molecule has 1 aliphatic carbocycles. The number of methoxy groups -OCH3 is 3. The highest BCUT2D eigenvalue weighted by Gasteiger charge is 2.52. The van der Waals surface area contributed by atoms with Crippen molar-refractivity contribution < 1.29 is 37.7 Å². The van der Waals surface area contributed by atoms with Gasteiger partial charge < -0.3 is 24.6 Å². The summed E-state index contributed by atoms with van der Waals surface area (Å²) >= 11 is 1.15. The van der Waals surface area contributed by atoms with E-state index in [1.807, 2.05) is 6.92 Å². The highest BCUT2D eigenvalue weighted by Crippen LogP contribution is 2.39. The van der Waals surface area contributed by atoms with Crippen LogP contribution < -0.4 is 5.32 Å². The van der Waals surface area contributed by atoms with Gasteiger partial charge in [-0.3, -0.25) is 9.69 Å². The zero-order valence-corrected chi connectivity index (χ0v) is 24.8. The van der Waals surface area contributed by atoms with Gasteiger partial charge in [-0.15, -0.1) is 11.3 Å². The van der Waals surface area contributed by atoms with Crippen LogP contribution in [0.1, 0.15) is 60.1 Å². The fourth-order valence-electron chi connectivity index (χ4n) is 5.46.